The maximum Gasteiger partial charge on any atom is 0.336 e. The predicted molar refractivity (Wildman–Crippen MR) is 74.3 cm³/mol. The van der Waals surface area contributed by atoms with E-state index in [-0.39, 0.29) is 23.1 Å². The molecule has 2 rings (SSSR count). The van der Waals surface area contributed by atoms with Crippen molar-refractivity contribution in [3.05, 3.63) is 34.4 Å². The number of aromatic carboxylic acids is 2. The Morgan fingerprint density at radius 2 is 1.70 bits per heavy atom. The Morgan fingerprint density at radius 1 is 1.10 bits per heavy atom. The first-order valence-corrected chi connectivity index (χ1v) is 6.77. The highest BCUT2D eigenvalue weighted by atomic mass is 16.4. The summed E-state index contributed by atoms with van der Waals surface area (Å²) in [6.07, 6.45) is 3.47. The maximum absolute atomic E-state index is 11.5. The third-order valence-electron chi connectivity index (χ3n) is 4.15. The third-order valence-corrected chi connectivity index (χ3v) is 4.15. The van der Waals surface area contributed by atoms with Gasteiger partial charge in [-0.05, 0) is 55.7 Å². The van der Waals surface area contributed by atoms with Gasteiger partial charge in [-0.15, -0.1) is 0 Å². The fraction of sp³-hybridized carbons (Fsp3) is 0.467. The van der Waals surface area contributed by atoms with E-state index in [1.165, 1.54) is 6.07 Å². The summed E-state index contributed by atoms with van der Waals surface area (Å²) in [6, 6.07) is 3.36. The van der Waals surface area contributed by atoms with E-state index in [1.54, 1.807) is 13.0 Å². The van der Waals surface area contributed by atoms with Crippen molar-refractivity contribution in [2.45, 2.75) is 44.6 Å². The van der Waals surface area contributed by atoms with Gasteiger partial charge in [0.1, 0.15) is 0 Å². The molecule has 0 radical (unpaired) electrons. The van der Waals surface area contributed by atoms with Gasteiger partial charge >= 0.3 is 11.9 Å². The molecule has 4 N–H and O–H groups in total. The molecule has 0 bridgehead atoms. The van der Waals surface area contributed by atoms with E-state index in [4.69, 9.17) is 10.8 Å². The minimum Gasteiger partial charge on any atom is -0.478 e. The molecule has 108 valence electrons. The minimum absolute atomic E-state index is 0.0543. The number of benzene rings is 1. The zero-order valence-corrected chi connectivity index (χ0v) is 11.4. The SMILES string of the molecule is Cc1c(C(=O)O)ccc(C2CCC(N)CC2)c1C(=O)O. The normalized spacial score (nSPS) is 22.5. The summed E-state index contributed by atoms with van der Waals surface area (Å²) < 4.78 is 0. The number of carboxylic acids is 2. The first kappa shape index (κ1) is 14.5. The number of hydrogen-bond donors (Lipinski definition) is 3. The summed E-state index contributed by atoms with van der Waals surface area (Å²) in [7, 11) is 0. The van der Waals surface area contributed by atoms with Crippen LogP contribution in [0.25, 0.3) is 0 Å². The lowest BCUT2D eigenvalue weighted by Gasteiger charge is -2.28. The van der Waals surface area contributed by atoms with E-state index in [0.29, 0.717) is 5.56 Å². The lowest BCUT2D eigenvalue weighted by molar-refractivity contribution is 0.0694. The molecular formula is C15H19NO4. The van der Waals surface area contributed by atoms with Gasteiger partial charge < -0.3 is 15.9 Å². The van der Waals surface area contributed by atoms with E-state index in [1.807, 2.05) is 0 Å². The molecule has 0 saturated heterocycles. The molecule has 0 spiro atoms. The van der Waals surface area contributed by atoms with Gasteiger partial charge in [0.2, 0.25) is 0 Å². The second kappa shape index (κ2) is 5.63. The van der Waals surface area contributed by atoms with E-state index in [9.17, 15) is 14.7 Å². The molecule has 0 aromatic heterocycles. The van der Waals surface area contributed by atoms with E-state index >= 15 is 0 Å². The minimum atomic E-state index is -1.10. The summed E-state index contributed by atoms with van der Waals surface area (Å²) in [4.78, 5) is 22.6. The van der Waals surface area contributed by atoms with Gasteiger partial charge in [0.15, 0.2) is 0 Å². The molecular weight excluding hydrogens is 258 g/mol. The van der Waals surface area contributed by atoms with Crippen LogP contribution in [0, 0.1) is 6.92 Å². The van der Waals surface area contributed by atoms with Crippen LogP contribution < -0.4 is 5.73 Å². The van der Waals surface area contributed by atoms with Gasteiger partial charge in [-0.3, -0.25) is 0 Å². The monoisotopic (exact) mass is 277 g/mol. The van der Waals surface area contributed by atoms with Crippen LogP contribution >= 0.6 is 0 Å². The molecule has 5 heteroatoms. The van der Waals surface area contributed by atoms with Crippen molar-refractivity contribution < 1.29 is 19.8 Å². The largest absolute Gasteiger partial charge is 0.478 e. The highest BCUT2D eigenvalue weighted by Gasteiger charge is 2.27. The zero-order valence-electron chi connectivity index (χ0n) is 11.4. The molecule has 1 aliphatic carbocycles. The van der Waals surface area contributed by atoms with Crippen molar-refractivity contribution in [3.63, 3.8) is 0 Å². The van der Waals surface area contributed by atoms with Crippen LogP contribution in [0.4, 0.5) is 0 Å². The number of carbonyl (C=O) groups is 2. The van der Waals surface area contributed by atoms with E-state index in [0.717, 1.165) is 31.2 Å². The van der Waals surface area contributed by atoms with Crippen molar-refractivity contribution in [3.8, 4) is 0 Å². The predicted octanol–water partition coefficient (Wildman–Crippen LogP) is 2.38. The quantitative estimate of drug-likeness (QED) is 0.787. The third kappa shape index (κ3) is 2.67. The molecule has 1 aromatic rings. The molecule has 0 heterocycles. The lowest BCUT2D eigenvalue weighted by atomic mass is 9.79. The standard InChI is InChI=1S/C15H19NO4/c1-8-11(14(17)18)6-7-12(13(8)15(19)20)9-2-4-10(16)5-3-9/h6-7,9-10H,2-5,16H2,1H3,(H,17,18)(H,19,20). The second-order valence-corrected chi connectivity index (χ2v) is 5.42. The first-order valence-electron chi connectivity index (χ1n) is 6.77. The number of hydrogen-bond acceptors (Lipinski definition) is 3. The van der Waals surface area contributed by atoms with Gasteiger partial charge in [0.05, 0.1) is 11.1 Å². The Morgan fingerprint density at radius 3 is 2.20 bits per heavy atom. The Hall–Kier alpha value is -1.88. The van der Waals surface area contributed by atoms with Crippen LogP contribution in [0.1, 0.15) is 63.4 Å². The van der Waals surface area contributed by atoms with Crippen molar-refractivity contribution in [2.24, 2.45) is 5.73 Å². The van der Waals surface area contributed by atoms with Gasteiger partial charge in [-0.25, -0.2) is 9.59 Å². The van der Waals surface area contributed by atoms with E-state index in [2.05, 4.69) is 0 Å². The molecule has 0 atom stereocenters. The summed E-state index contributed by atoms with van der Waals surface area (Å²) >= 11 is 0. The summed E-state index contributed by atoms with van der Waals surface area (Å²) in [6.45, 7) is 1.56. The Kier molecular flexibility index (Phi) is 4.09. The van der Waals surface area contributed by atoms with Crippen LogP contribution in [0.2, 0.25) is 0 Å². The van der Waals surface area contributed by atoms with Crippen LogP contribution in [0.5, 0.6) is 0 Å². The van der Waals surface area contributed by atoms with Gasteiger partial charge in [0.25, 0.3) is 0 Å². The van der Waals surface area contributed by atoms with Crippen molar-refractivity contribution >= 4 is 11.9 Å². The number of rotatable bonds is 3. The summed E-state index contributed by atoms with van der Waals surface area (Å²) in [5, 5.41) is 18.5. The van der Waals surface area contributed by atoms with Gasteiger partial charge in [-0.2, -0.15) is 0 Å². The molecule has 20 heavy (non-hydrogen) atoms. The van der Waals surface area contributed by atoms with Gasteiger partial charge in [0, 0.05) is 6.04 Å². The summed E-state index contributed by atoms with van der Waals surface area (Å²) in [5.41, 5.74) is 7.14. The molecule has 1 aromatic carbocycles. The molecule has 1 aliphatic rings. The molecule has 5 nitrogen and oxygen atoms in total. The fourth-order valence-electron chi connectivity index (χ4n) is 3.02. The topological polar surface area (TPSA) is 101 Å². The first-order chi connectivity index (χ1) is 9.41. The van der Waals surface area contributed by atoms with Gasteiger partial charge in [-0.1, -0.05) is 6.07 Å². The Bertz CT molecular complexity index is 545. The van der Waals surface area contributed by atoms with Crippen LogP contribution in [-0.4, -0.2) is 28.2 Å². The molecule has 0 aliphatic heterocycles. The zero-order chi connectivity index (χ0) is 14.9. The highest BCUT2D eigenvalue weighted by Crippen LogP contribution is 2.35. The average Bonchev–Trinajstić information content (AvgIpc) is 2.38. The van der Waals surface area contributed by atoms with Crippen LogP contribution in [0.15, 0.2) is 12.1 Å². The smallest absolute Gasteiger partial charge is 0.336 e. The lowest BCUT2D eigenvalue weighted by Crippen LogP contribution is -2.26. The number of nitrogens with two attached hydrogens (primary N) is 1. The van der Waals surface area contributed by atoms with E-state index < -0.39 is 11.9 Å². The van der Waals surface area contributed by atoms with Crippen molar-refractivity contribution in [2.75, 3.05) is 0 Å². The van der Waals surface area contributed by atoms with Crippen LogP contribution in [0.3, 0.4) is 0 Å². The summed E-state index contributed by atoms with van der Waals surface area (Å²) in [5.74, 6) is -2.00. The maximum atomic E-state index is 11.5. The second-order valence-electron chi connectivity index (χ2n) is 5.42. The number of carboxylic acid groups (broad SMARTS) is 2. The van der Waals surface area contributed by atoms with Crippen molar-refractivity contribution in [1.82, 2.24) is 0 Å². The Labute approximate surface area is 117 Å². The average molecular weight is 277 g/mol. The van der Waals surface area contributed by atoms with Crippen LogP contribution in [-0.2, 0) is 0 Å². The van der Waals surface area contributed by atoms with Crippen molar-refractivity contribution in [1.29, 1.82) is 0 Å². The molecule has 1 fully saturated rings. The Balaban J connectivity index is 2.45. The molecule has 0 unspecified atom stereocenters. The fourth-order valence-corrected chi connectivity index (χ4v) is 3.02. The highest BCUT2D eigenvalue weighted by molar-refractivity contribution is 5.97. The molecule has 1 saturated carbocycles. The molecule has 0 amide bonds.